The van der Waals surface area contributed by atoms with E-state index in [-0.39, 0.29) is 17.8 Å². The highest BCUT2D eigenvalue weighted by Crippen LogP contribution is 2.29. The molecular weight excluding hydrogens is 375 g/mol. The van der Waals surface area contributed by atoms with Crippen molar-refractivity contribution in [1.29, 1.82) is 0 Å². The SMILES string of the molecule is O=C1OC[C@H](Cc2ccccc2)[C@H]1Cc1ccc(I)cc1. The molecule has 2 atom stereocenters. The predicted molar refractivity (Wildman–Crippen MR) is 90.9 cm³/mol. The van der Waals surface area contributed by atoms with E-state index in [1.165, 1.54) is 14.7 Å². The van der Waals surface area contributed by atoms with E-state index >= 15 is 0 Å². The fourth-order valence-electron chi connectivity index (χ4n) is 2.85. The molecule has 1 aliphatic rings. The average Bonchev–Trinajstić information content (AvgIpc) is 2.84. The van der Waals surface area contributed by atoms with Gasteiger partial charge in [0.05, 0.1) is 12.5 Å². The average molecular weight is 392 g/mol. The lowest BCUT2D eigenvalue weighted by Gasteiger charge is -2.15. The molecule has 1 saturated heterocycles. The van der Waals surface area contributed by atoms with E-state index in [0.717, 1.165) is 12.8 Å². The molecule has 3 heteroatoms. The second-order valence-electron chi connectivity index (χ2n) is 5.52. The summed E-state index contributed by atoms with van der Waals surface area (Å²) in [6.45, 7) is 0.544. The van der Waals surface area contributed by atoms with Crippen LogP contribution >= 0.6 is 22.6 Å². The number of rotatable bonds is 4. The Bertz CT molecular complexity index is 607. The summed E-state index contributed by atoms with van der Waals surface area (Å²) in [6, 6.07) is 18.7. The van der Waals surface area contributed by atoms with Gasteiger partial charge in [-0.3, -0.25) is 4.79 Å². The molecule has 0 amide bonds. The monoisotopic (exact) mass is 392 g/mol. The molecule has 0 spiro atoms. The Kier molecular flexibility index (Phi) is 4.58. The van der Waals surface area contributed by atoms with Crippen LogP contribution in [0.1, 0.15) is 11.1 Å². The number of hydrogen-bond acceptors (Lipinski definition) is 2. The molecule has 1 aliphatic heterocycles. The van der Waals surface area contributed by atoms with E-state index < -0.39 is 0 Å². The molecular formula is C18H17IO2. The second-order valence-corrected chi connectivity index (χ2v) is 6.76. The van der Waals surface area contributed by atoms with Crippen LogP contribution in [0.3, 0.4) is 0 Å². The summed E-state index contributed by atoms with van der Waals surface area (Å²) >= 11 is 2.29. The van der Waals surface area contributed by atoms with Crippen molar-refractivity contribution in [2.75, 3.05) is 6.61 Å². The third-order valence-electron chi connectivity index (χ3n) is 4.02. The van der Waals surface area contributed by atoms with Gasteiger partial charge in [0.25, 0.3) is 0 Å². The Labute approximate surface area is 138 Å². The fourth-order valence-corrected chi connectivity index (χ4v) is 3.21. The van der Waals surface area contributed by atoms with Crippen LogP contribution in [-0.4, -0.2) is 12.6 Å². The minimum Gasteiger partial charge on any atom is -0.465 e. The number of carbonyl (C=O) groups excluding carboxylic acids is 1. The third kappa shape index (κ3) is 3.64. The summed E-state index contributed by atoms with van der Waals surface area (Å²) in [5, 5.41) is 0. The first-order valence-electron chi connectivity index (χ1n) is 7.17. The van der Waals surface area contributed by atoms with Crippen molar-refractivity contribution < 1.29 is 9.53 Å². The minimum atomic E-state index is -0.0468. The predicted octanol–water partition coefficient (Wildman–Crippen LogP) is 3.87. The van der Waals surface area contributed by atoms with Gasteiger partial charge in [0.2, 0.25) is 0 Å². The van der Waals surface area contributed by atoms with Crippen molar-refractivity contribution in [3.63, 3.8) is 0 Å². The van der Waals surface area contributed by atoms with E-state index in [1.807, 2.05) is 18.2 Å². The van der Waals surface area contributed by atoms with Crippen molar-refractivity contribution in [3.8, 4) is 0 Å². The first-order chi connectivity index (χ1) is 10.2. The zero-order valence-corrected chi connectivity index (χ0v) is 13.8. The molecule has 2 aromatic rings. The Morgan fingerprint density at radius 1 is 0.952 bits per heavy atom. The van der Waals surface area contributed by atoms with Crippen LogP contribution in [-0.2, 0) is 22.4 Å². The Hall–Kier alpha value is -1.36. The maximum atomic E-state index is 12.0. The molecule has 0 bridgehead atoms. The molecule has 2 aromatic carbocycles. The lowest BCUT2D eigenvalue weighted by Crippen LogP contribution is -2.20. The van der Waals surface area contributed by atoms with Gasteiger partial charge in [0.1, 0.15) is 0 Å². The van der Waals surface area contributed by atoms with Crippen molar-refractivity contribution in [3.05, 3.63) is 69.3 Å². The van der Waals surface area contributed by atoms with Crippen molar-refractivity contribution in [1.82, 2.24) is 0 Å². The highest BCUT2D eigenvalue weighted by atomic mass is 127. The molecule has 1 fully saturated rings. The van der Waals surface area contributed by atoms with E-state index in [2.05, 4.69) is 59.0 Å². The van der Waals surface area contributed by atoms with Crippen LogP contribution < -0.4 is 0 Å². The Morgan fingerprint density at radius 3 is 2.33 bits per heavy atom. The van der Waals surface area contributed by atoms with E-state index in [9.17, 15) is 4.79 Å². The summed E-state index contributed by atoms with van der Waals surface area (Å²) in [4.78, 5) is 12.0. The van der Waals surface area contributed by atoms with Crippen LogP contribution in [0.5, 0.6) is 0 Å². The van der Waals surface area contributed by atoms with Crippen LogP contribution in [0, 0.1) is 15.4 Å². The zero-order valence-electron chi connectivity index (χ0n) is 11.7. The highest BCUT2D eigenvalue weighted by molar-refractivity contribution is 14.1. The smallest absolute Gasteiger partial charge is 0.309 e. The lowest BCUT2D eigenvalue weighted by atomic mass is 9.85. The van der Waals surface area contributed by atoms with Gasteiger partial charge in [-0.25, -0.2) is 0 Å². The highest BCUT2D eigenvalue weighted by Gasteiger charge is 2.36. The standard InChI is InChI=1S/C18H17IO2/c19-16-8-6-14(7-9-16)11-17-15(12-21-18(17)20)10-13-4-2-1-3-5-13/h1-9,15,17H,10-12H2/t15-,17+/m0/s1. The molecule has 0 unspecified atom stereocenters. The largest absolute Gasteiger partial charge is 0.465 e. The van der Waals surface area contributed by atoms with Crippen LogP contribution in [0.2, 0.25) is 0 Å². The number of benzene rings is 2. The molecule has 21 heavy (non-hydrogen) atoms. The van der Waals surface area contributed by atoms with Gasteiger partial charge in [-0.1, -0.05) is 42.5 Å². The lowest BCUT2D eigenvalue weighted by molar-refractivity contribution is -0.141. The van der Waals surface area contributed by atoms with Crippen LogP contribution in [0.25, 0.3) is 0 Å². The molecule has 0 radical (unpaired) electrons. The maximum absolute atomic E-state index is 12.0. The maximum Gasteiger partial charge on any atom is 0.309 e. The topological polar surface area (TPSA) is 26.3 Å². The van der Waals surface area contributed by atoms with Gasteiger partial charge in [0, 0.05) is 9.49 Å². The Balaban J connectivity index is 1.72. The first-order valence-corrected chi connectivity index (χ1v) is 8.25. The zero-order chi connectivity index (χ0) is 14.7. The molecule has 0 aromatic heterocycles. The number of ether oxygens (including phenoxy) is 1. The van der Waals surface area contributed by atoms with Crippen molar-refractivity contribution in [2.45, 2.75) is 12.8 Å². The number of carbonyl (C=O) groups is 1. The molecule has 0 saturated carbocycles. The van der Waals surface area contributed by atoms with Crippen molar-refractivity contribution >= 4 is 28.6 Å². The number of halogens is 1. The van der Waals surface area contributed by atoms with Crippen LogP contribution in [0.4, 0.5) is 0 Å². The number of cyclic esters (lactones) is 1. The molecule has 2 nitrogen and oxygen atoms in total. The second kappa shape index (κ2) is 6.60. The number of hydrogen-bond donors (Lipinski definition) is 0. The van der Waals surface area contributed by atoms with Gasteiger partial charge >= 0.3 is 5.97 Å². The normalized spacial score (nSPS) is 21.3. The van der Waals surface area contributed by atoms with Gasteiger partial charge in [0.15, 0.2) is 0 Å². The Morgan fingerprint density at radius 2 is 1.62 bits per heavy atom. The van der Waals surface area contributed by atoms with E-state index in [0.29, 0.717) is 6.61 Å². The van der Waals surface area contributed by atoms with Gasteiger partial charge in [-0.2, -0.15) is 0 Å². The molecule has 1 heterocycles. The molecule has 3 rings (SSSR count). The molecule has 0 N–H and O–H groups in total. The minimum absolute atomic E-state index is 0.0229. The molecule has 0 aliphatic carbocycles. The summed E-state index contributed by atoms with van der Waals surface area (Å²) in [7, 11) is 0. The van der Waals surface area contributed by atoms with E-state index in [4.69, 9.17) is 4.74 Å². The number of esters is 1. The summed E-state index contributed by atoms with van der Waals surface area (Å²) in [5.74, 6) is 0.207. The first kappa shape index (κ1) is 14.6. The summed E-state index contributed by atoms with van der Waals surface area (Å²) < 4.78 is 6.52. The van der Waals surface area contributed by atoms with Gasteiger partial charge in [-0.05, 0) is 58.7 Å². The van der Waals surface area contributed by atoms with Crippen molar-refractivity contribution in [2.24, 2.45) is 11.8 Å². The van der Waals surface area contributed by atoms with Gasteiger partial charge in [-0.15, -0.1) is 0 Å². The summed E-state index contributed by atoms with van der Waals surface area (Å²) in [5.41, 5.74) is 2.48. The van der Waals surface area contributed by atoms with E-state index in [1.54, 1.807) is 0 Å². The molecule has 108 valence electrons. The van der Waals surface area contributed by atoms with Gasteiger partial charge < -0.3 is 4.74 Å². The summed E-state index contributed by atoms with van der Waals surface area (Å²) in [6.07, 6.45) is 1.68. The fraction of sp³-hybridized carbons (Fsp3) is 0.278. The van der Waals surface area contributed by atoms with Crippen LogP contribution in [0.15, 0.2) is 54.6 Å². The quantitative estimate of drug-likeness (QED) is 0.584. The third-order valence-corrected chi connectivity index (χ3v) is 4.74.